The molecule has 0 aliphatic heterocycles. The average molecular weight is 301 g/mol. The van der Waals surface area contributed by atoms with Crippen LogP contribution < -0.4 is 5.32 Å². The molecule has 0 aliphatic rings. The molecule has 0 spiro atoms. The lowest BCUT2D eigenvalue weighted by molar-refractivity contribution is 0.461. The predicted octanol–water partition coefficient (Wildman–Crippen LogP) is 3.61. The first-order valence-corrected chi connectivity index (χ1v) is 7.71. The fourth-order valence-electron chi connectivity index (χ4n) is 2.22. The summed E-state index contributed by atoms with van der Waals surface area (Å²) in [6.45, 7) is 1.55. The number of nitrogens with zero attached hydrogens (tertiary/aromatic N) is 2. The topological polar surface area (TPSA) is 29.9 Å². The first-order chi connectivity index (χ1) is 10.3. The average Bonchev–Trinajstić information content (AvgIpc) is 3.18. The smallest absolute Gasteiger partial charge is 0.123 e. The van der Waals surface area contributed by atoms with E-state index < -0.39 is 0 Å². The Balaban J connectivity index is 1.74. The number of hydrogen-bond acceptors (Lipinski definition) is 3. The molecule has 1 atom stereocenters. The Morgan fingerprint density at radius 3 is 2.76 bits per heavy atom. The first-order valence-electron chi connectivity index (χ1n) is 6.77. The summed E-state index contributed by atoms with van der Waals surface area (Å²) in [7, 11) is 0. The number of hydrogen-bond donors (Lipinski definition) is 1. The zero-order valence-corrected chi connectivity index (χ0v) is 12.3. The summed E-state index contributed by atoms with van der Waals surface area (Å²) in [6, 6.07) is 8.89. The summed E-state index contributed by atoms with van der Waals surface area (Å²) < 4.78 is 15.1. The van der Waals surface area contributed by atoms with Crippen molar-refractivity contribution in [2.24, 2.45) is 0 Å². The van der Waals surface area contributed by atoms with Gasteiger partial charge in [-0.1, -0.05) is 12.1 Å². The highest BCUT2D eigenvalue weighted by molar-refractivity contribution is 7.07. The van der Waals surface area contributed by atoms with Crippen molar-refractivity contribution in [1.29, 1.82) is 0 Å². The Bertz CT molecular complexity index is 647. The van der Waals surface area contributed by atoms with Gasteiger partial charge in [0.15, 0.2) is 0 Å². The Morgan fingerprint density at radius 2 is 2.10 bits per heavy atom. The third kappa shape index (κ3) is 3.77. The van der Waals surface area contributed by atoms with Crippen molar-refractivity contribution in [3.05, 3.63) is 76.8 Å². The molecule has 0 aliphatic carbocycles. The van der Waals surface area contributed by atoms with E-state index in [4.69, 9.17) is 0 Å². The van der Waals surface area contributed by atoms with E-state index in [-0.39, 0.29) is 11.9 Å². The summed E-state index contributed by atoms with van der Waals surface area (Å²) >= 11 is 1.69. The van der Waals surface area contributed by atoms with E-state index in [0.717, 1.165) is 18.7 Å². The van der Waals surface area contributed by atoms with Gasteiger partial charge in [-0.3, -0.25) is 0 Å². The summed E-state index contributed by atoms with van der Waals surface area (Å²) in [4.78, 5) is 4.07. The predicted molar refractivity (Wildman–Crippen MR) is 82.5 cm³/mol. The van der Waals surface area contributed by atoms with E-state index in [9.17, 15) is 4.39 Å². The second-order valence-corrected chi connectivity index (χ2v) is 5.66. The van der Waals surface area contributed by atoms with E-state index in [2.05, 4.69) is 27.1 Å². The standard InChI is InChI=1S/C16H16FN3S/c17-15-3-1-14(2-4-15)16(10-20-7-6-18-12-20)19-9-13-5-8-21-11-13/h1-8,11-12,16,19H,9-10H2/t16-/m1/s1. The second kappa shape index (κ2) is 6.65. The molecule has 1 N–H and O–H groups in total. The Kier molecular flexibility index (Phi) is 4.43. The van der Waals surface area contributed by atoms with Gasteiger partial charge < -0.3 is 9.88 Å². The maximum absolute atomic E-state index is 13.1. The van der Waals surface area contributed by atoms with E-state index >= 15 is 0 Å². The fourth-order valence-corrected chi connectivity index (χ4v) is 2.89. The molecule has 5 heteroatoms. The maximum Gasteiger partial charge on any atom is 0.123 e. The molecule has 0 amide bonds. The van der Waals surface area contributed by atoms with Crippen LogP contribution in [0.3, 0.4) is 0 Å². The van der Waals surface area contributed by atoms with Crippen LogP contribution in [0.4, 0.5) is 4.39 Å². The molecule has 0 fully saturated rings. The normalized spacial score (nSPS) is 12.4. The largest absolute Gasteiger partial charge is 0.336 e. The molecule has 0 saturated carbocycles. The van der Waals surface area contributed by atoms with Crippen LogP contribution in [-0.2, 0) is 13.1 Å². The third-order valence-corrected chi connectivity index (χ3v) is 4.09. The van der Waals surface area contributed by atoms with Crippen LogP contribution in [-0.4, -0.2) is 9.55 Å². The molecule has 2 aromatic heterocycles. The quantitative estimate of drug-likeness (QED) is 0.753. The maximum atomic E-state index is 13.1. The van der Waals surface area contributed by atoms with Gasteiger partial charge in [-0.05, 0) is 40.1 Å². The van der Waals surface area contributed by atoms with Gasteiger partial charge >= 0.3 is 0 Å². The highest BCUT2D eigenvalue weighted by Crippen LogP contribution is 2.17. The number of aromatic nitrogens is 2. The van der Waals surface area contributed by atoms with Crippen molar-refractivity contribution in [1.82, 2.24) is 14.9 Å². The van der Waals surface area contributed by atoms with Gasteiger partial charge in [0.25, 0.3) is 0 Å². The minimum Gasteiger partial charge on any atom is -0.336 e. The first kappa shape index (κ1) is 14.0. The van der Waals surface area contributed by atoms with Crippen LogP contribution >= 0.6 is 11.3 Å². The monoisotopic (exact) mass is 301 g/mol. The summed E-state index contributed by atoms with van der Waals surface area (Å²) in [6.07, 6.45) is 5.49. The van der Waals surface area contributed by atoms with Gasteiger partial charge in [0, 0.05) is 25.5 Å². The van der Waals surface area contributed by atoms with E-state index in [0.29, 0.717) is 0 Å². The van der Waals surface area contributed by atoms with Gasteiger partial charge in [0.05, 0.1) is 12.4 Å². The molecule has 1 aromatic carbocycles. The Morgan fingerprint density at radius 1 is 1.24 bits per heavy atom. The highest BCUT2D eigenvalue weighted by atomic mass is 32.1. The van der Waals surface area contributed by atoms with Crippen molar-refractivity contribution in [2.45, 2.75) is 19.1 Å². The minimum atomic E-state index is -0.210. The van der Waals surface area contributed by atoms with Crippen molar-refractivity contribution >= 4 is 11.3 Å². The van der Waals surface area contributed by atoms with Gasteiger partial charge in [0.2, 0.25) is 0 Å². The molecular formula is C16H16FN3S. The van der Waals surface area contributed by atoms with Crippen molar-refractivity contribution in [2.75, 3.05) is 0 Å². The molecular weight excluding hydrogens is 285 g/mol. The molecule has 108 valence electrons. The van der Waals surface area contributed by atoms with Crippen LogP contribution in [0.5, 0.6) is 0 Å². The van der Waals surface area contributed by atoms with Crippen molar-refractivity contribution < 1.29 is 4.39 Å². The fraction of sp³-hybridized carbons (Fsp3) is 0.188. The highest BCUT2D eigenvalue weighted by Gasteiger charge is 2.12. The Labute approximate surface area is 127 Å². The van der Waals surface area contributed by atoms with E-state index in [1.54, 1.807) is 23.9 Å². The lowest BCUT2D eigenvalue weighted by atomic mass is 10.1. The molecule has 3 rings (SSSR count). The number of nitrogens with one attached hydrogen (secondary N) is 1. The molecule has 3 aromatic rings. The summed E-state index contributed by atoms with van der Waals surface area (Å²) in [5.74, 6) is -0.210. The molecule has 21 heavy (non-hydrogen) atoms. The number of imidazole rings is 1. The summed E-state index contributed by atoms with van der Waals surface area (Å²) in [5.41, 5.74) is 2.33. The van der Waals surface area contributed by atoms with Crippen LogP contribution in [0.25, 0.3) is 0 Å². The van der Waals surface area contributed by atoms with E-state index in [1.165, 1.54) is 17.7 Å². The summed E-state index contributed by atoms with van der Waals surface area (Å²) in [5, 5.41) is 7.73. The lowest BCUT2D eigenvalue weighted by Crippen LogP contribution is -2.24. The number of benzene rings is 1. The third-order valence-electron chi connectivity index (χ3n) is 3.36. The van der Waals surface area contributed by atoms with Gasteiger partial charge in [-0.2, -0.15) is 11.3 Å². The zero-order valence-electron chi connectivity index (χ0n) is 11.4. The Hall–Kier alpha value is -1.98. The molecule has 0 radical (unpaired) electrons. The SMILES string of the molecule is Fc1ccc([C@@H](Cn2ccnc2)NCc2ccsc2)cc1. The lowest BCUT2D eigenvalue weighted by Gasteiger charge is -2.19. The van der Waals surface area contributed by atoms with Crippen LogP contribution in [0.15, 0.2) is 59.8 Å². The molecule has 2 heterocycles. The van der Waals surface area contributed by atoms with Crippen molar-refractivity contribution in [3.63, 3.8) is 0 Å². The molecule has 0 unspecified atom stereocenters. The molecule has 0 saturated heterocycles. The van der Waals surface area contributed by atoms with E-state index in [1.807, 2.05) is 22.9 Å². The second-order valence-electron chi connectivity index (χ2n) is 4.88. The molecule has 0 bridgehead atoms. The minimum absolute atomic E-state index is 0.111. The molecule has 3 nitrogen and oxygen atoms in total. The van der Waals surface area contributed by atoms with Gasteiger partial charge in [0.1, 0.15) is 5.82 Å². The number of rotatable bonds is 6. The van der Waals surface area contributed by atoms with Crippen molar-refractivity contribution in [3.8, 4) is 0 Å². The van der Waals surface area contributed by atoms with Gasteiger partial charge in [-0.15, -0.1) is 0 Å². The zero-order chi connectivity index (χ0) is 14.5. The van der Waals surface area contributed by atoms with Crippen LogP contribution in [0.2, 0.25) is 0 Å². The number of halogens is 1. The van der Waals surface area contributed by atoms with Crippen LogP contribution in [0, 0.1) is 5.82 Å². The van der Waals surface area contributed by atoms with Gasteiger partial charge in [-0.25, -0.2) is 9.37 Å². The number of thiophene rings is 1. The van der Waals surface area contributed by atoms with Crippen LogP contribution in [0.1, 0.15) is 17.2 Å².